The Morgan fingerprint density at radius 3 is 2.27 bits per heavy atom. The molecule has 3 heterocycles. The molecule has 0 bridgehead atoms. The van der Waals surface area contributed by atoms with Crippen molar-refractivity contribution in [2.75, 3.05) is 13.7 Å². The van der Waals surface area contributed by atoms with Gasteiger partial charge < -0.3 is 19.2 Å². The van der Waals surface area contributed by atoms with Gasteiger partial charge in [0.05, 0.1) is 23.0 Å². The Bertz CT molecular complexity index is 1280. The first-order chi connectivity index (χ1) is 17.7. The van der Waals surface area contributed by atoms with Crippen molar-refractivity contribution in [3.63, 3.8) is 0 Å². The van der Waals surface area contributed by atoms with E-state index in [9.17, 15) is 29.3 Å². The fraction of sp³-hybridized carbons (Fsp3) is 0.333. The lowest BCUT2D eigenvalue weighted by Gasteiger charge is -2.46. The molecule has 0 spiro atoms. The van der Waals surface area contributed by atoms with Crippen LogP contribution in [0.25, 0.3) is 0 Å². The van der Waals surface area contributed by atoms with Gasteiger partial charge in [-0.1, -0.05) is 24.3 Å². The molecule has 12 nitrogen and oxygen atoms in total. The summed E-state index contributed by atoms with van der Waals surface area (Å²) in [7, 11) is 1.52. The fourth-order valence-electron chi connectivity index (χ4n) is 4.81. The summed E-state index contributed by atoms with van der Waals surface area (Å²) < 4.78 is 9.31. The summed E-state index contributed by atoms with van der Waals surface area (Å²) in [6.07, 6.45) is 0. The number of thioether (sulfide) groups is 1. The van der Waals surface area contributed by atoms with Gasteiger partial charge in [-0.3, -0.25) is 19.3 Å². The molecule has 0 saturated carbocycles. The van der Waals surface area contributed by atoms with E-state index in [0.717, 1.165) is 16.7 Å². The zero-order chi connectivity index (χ0) is 26.5. The molecule has 37 heavy (non-hydrogen) atoms. The Labute approximate surface area is 214 Å². The minimum atomic E-state index is -1.28. The minimum Gasteiger partial charge on any atom is -0.497 e. The molecule has 0 radical (unpaired) electrons. The summed E-state index contributed by atoms with van der Waals surface area (Å²) in [4.78, 5) is 70.2. The third-order valence-corrected chi connectivity index (χ3v) is 8.23. The van der Waals surface area contributed by atoms with E-state index in [2.05, 4.69) is 4.84 Å². The van der Waals surface area contributed by atoms with E-state index < -0.39 is 57.6 Å². The lowest BCUT2D eigenvalue weighted by Crippen LogP contribution is -2.71. The van der Waals surface area contributed by atoms with Crippen LogP contribution in [0.5, 0.6) is 5.75 Å². The number of ether oxygens (including phenoxy) is 2. The Morgan fingerprint density at radius 2 is 1.70 bits per heavy atom. The summed E-state index contributed by atoms with van der Waals surface area (Å²) in [6, 6.07) is 10.7. The van der Waals surface area contributed by atoms with Gasteiger partial charge >= 0.3 is 5.97 Å². The van der Waals surface area contributed by atoms with Crippen molar-refractivity contribution < 1.29 is 38.6 Å². The van der Waals surface area contributed by atoms with Crippen LogP contribution in [0.2, 0.25) is 0 Å². The molecule has 13 heteroatoms. The van der Waals surface area contributed by atoms with E-state index in [1.165, 1.54) is 24.1 Å². The van der Waals surface area contributed by atoms with E-state index in [4.69, 9.17) is 9.47 Å². The zero-order valence-electron chi connectivity index (χ0n) is 19.7. The van der Waals surface area contributed by atoms with Crippen molar-refractivity contribution in [3.8, 4) is 5.75 Å². The van der Waals surface area contributed by atoms with Crippen LogP contribution in [0, 0.1) is 10.1 Å². The van der Waals surface area contributed by atoms with E-state index in [-0.39, 0.29) is 17.7 Å². The largest absolute Gasteiger partial charge is 0.497 e. The highest BCUT2D eigenvalue weighted by molar-refractivity contribution is 8.01. The van der Waals surface area contributed by atoms with Crippen LogP contribution in [-0.2, 0) is 25.8 Å². The fourth-order valence-corrected chi connectivity index (χ4v) is 6.53. The first kappa shape index (κ1) is 24.6. The van der Waals surface area contributed by atoms with Gasteiger partial charge in [0.2, 0.25) is 0 Å². The number of hydrogen-bond donors (Lipinski definition) is 0. The second-order valence-electron chi connectivity index (χ2n) is 8.89. The highest BCUT2D eigenvalue weighted by Gasteiger charge is 2.69. The molecular formula is C24H21N3O9S. The van der Waals surface area contributed by atoms with Gasteiger partial charge in [-0.15, -0.1) is 21.9 Å². The molecule has 2 saturated heterocycles. The third kappa shape index (κ3) is 3.95. The van der Waals surface area contributed by atoms with Crippen molar-refractivity contribution in [2.45, 2.75) is 35.7 Å². The van der Waals surface area contributed by atoms with Crippen molar-refractivity contribution in [1.82, 2.24) is 9.80 Å². The molecule has 3 aliphatic heterocycles. The topological polar surface area (TPSA) is 146 Å². The summed E-state index contributed by atoms with van der Waals surface area (Å²) in [5, 5.41) is 9.16. The number of imide groups is 1. The summed E-state index contributed by atoms with van der Waals surface area (Å²) >= 11 is 1.06. The maximum absolute atomic E-state index is 13.3. The number of methoxy groups -OCH3 is 1. The van der Waals surface area contributed by atoms with Crippen LogP contribution in [0.4, 0.5) is 0 Å². The van der Waals surface area contributed by atoms with Crippen LogP contribution in [0.1, 0.15) is 33.2 Å². The van der Waals surface area contributed by atoms with Gasteiger partial charge in [-0.2, -0.15) is 0 Å². The molecule has 3 aliphatic rings. The maximum atomic E-state index is 13.3. The van der Waals surface area contributed by atoms with Gasteiger partial charge in [0, 0.05) is 0 Å². The van der Waals surface area contributed by atoms with Gasteiger partial charge in [-0.05, 0) is 36.8 Å². The monoisotopic (exact) mass is 527 g/mol. The molecule has 2 fully saturated rings. The van der Waals surface area contributed by atoms with Crippen molar-refractivity contribution in [3.05, 3.63) is 75.3 Å². The first-order valence-corrected chi connectivity index (χ1v) is 12.1. The maximum Gasteiger partial charge on any atom is 0.330 e. The van der Waals surface area contributed by atoms with Crippen molar-refractivity contribution in [2.24, 2.45) is 0 Å². The van der Waals surface area contributed by atoms with Gasteiger partial charge in [0.25, 0.3) is 22.8 Å². The van der Waals surface area contributed by atoms with Crippen LogP contribution in [0.3, 0.4) is 0 Å². The van der Waals surface area contributed by atoms with Gasteiger partial charge in [0.1, 0.15) is 36.4 Å². The average Bonchev–Trinajstić information content (AvgIpc) is 3.31. The number of fused-ring (bicyclic) bond motifs is 2. The number of rotatable bonds is 8. The average molecular weight is 528 g/mol. The molecular weight excluding hydrogens is 506 g/mol. The number of esters is 1. The Hall–Kier alpha value is -4.13. The minimum absolute atomic E-state index is 0.106. The standard InChI is InChI=1S/C24H21N3O9S/c1-24(12-36-27(32)33)18(23(31)35-11-13-7-9-14(34-2)10-8-13)26-21(30)17(22(26)37-24)25-19(28)15-5-3-4-6-16(15)20(25)29/h3-10,17-18,22H,11-12H2,1-2H3/t17?,18?,22-,24-/m0/s1. The summed E-state index contributed by atoms with van der Waals surface area (Å²) in [6.45, 7) is 0.929. The summed E-state index contributed by atoms with van der Waals surface area (Å²) in [5.74, 6) is -1.99. The second-order valence-corrected chi connectivity index (χ2v) is 10.5. The number of benzene rings is 2. The first-order valence-electron chi connectivity index (χ1n) is 11.2. The highest BCUT2D eigenvalue weighted by atomic mass is 32.2. The van der Waals surface area contributed by atoms with Crippen LogP contribution < -0.4 is 4.74 Å². The Morgan fingerprint density at radius 1 is 1.08 bits per heavy atom. The predicted molar refractivity (Wildman–Crippen MR) is 127 cm³/mol. The van der Waals surface area contributed by atoms with Crippen LogP contribution >= 0.6 is 11.8 Å². The van der Waals surface area contributed by atoms with Crippen LogP contribution in [0.15, 0.2) is 48.5 Å². The van der Waals surface area contributed by atoms with Crippen molar-refractivity contribution in [1.29, 1.82) is 0 Å². The van der Waals surface area contributed by atoms with Crippen LogP contribution in [-0.4, -0.2) is 74.5 Å². The van der Waals surface area contributed by atoms with E-state index in [0.29, 0.717) is 11.3 Å². The number of nitrogens with zero attached hydrogens (tertiary/aromatic N) is 3. The molecule has 0 aliphatic carbocycles. The normalized spacial score (nSPS) is 25.9. The SMILES string of the molecule is COc1ccc(COC(=O)C2N3C(=O)C(N4C(=O)c5ccccc5C4=O)[C@@H]3S[C@@]2(C)CO[N+](=O)[O-])cc1. The zero-order valence-corrected chi connectivity index (χ0v) is 20.5. The molecule has 0 N–H and O–H groups in total. The van der Waals surface area contributed by atoms with E-state index in [1.54, 1.807) is 43.3 Å². The molecule has 2 aromatic carbocycles. The number of carbonyl (C=O) groups excluding carboxylic acids is 4. The van der Waals surface area contributed by atoms with Gasteiger partial charge in [0.15, 0.2) is 0 Å². The lowest BCUT2D eigenvalue weighted by molar-refractivity contribution is -0.758. The van der Waals surface area contributed by atoms with Crippen molar-refractivity contribution >= 4 is 35.5 Å². The third-order valence-electron chi connectivity index (χ3n) is 6.62. The van der Waals surface area contributed by atoms with E-state index >= 15 is 0 Å². The predicted octanol–water partition coefficient (Wildman–Crippen LogP) is 1.65. The number of β-lactam (4-membered cyclic amide) rings is 1. The molecule has 2 aromatic rings. The van der Waals surface area contributed by atoms with E-state index in [1.807, 2.05) is 0 Å². The molecule has 2 unspecified atom stereocenters. The number of hydrogen-bond acceptors (Lipinski definition) is 10. The van der Waals surface area contributed by atoms with Gasteiger partial charge in [-0.25, -0.2) is 4.79 Å². The smallest absolute Gasteiger partial charge is 0.330 e. The molecule has 3 amide bonds. The molecule has 5 rings (SSSR count). The highest BCUT2D eigenvalue weighted by Crippen LogP contribution is 2.53. The molecule has 192 valence electrons. The quantitative estimate of drug-likeness (QED) is 0.163. The summed E-state index contributed by atoms with van der Waals surface area (Å²) in [5.41, 5.74) is 1.05. The number of carbonyl (C=O) groups is 4. The lowest BCUT2D eigenvalue weighted by atomic mass is 9.94. The Kier molecular flexibility index (Phi) is 6.02. The second kappa shape index (κ2) is 9.07. The molecule has 4 atom stereocenters. The Balaban J connectivity index is 1.38. The molecule has 0 aromatic heterocycles. The number of amides is 3.